The summed E-state index contributed by atoms with van der Waals surface area (Å²) in [4.78, 5) is 13.0. The second-order valence-electron chi connectivity index (χ2n) is 4.87. The molecule has 0 aromatic carbocycles. The monoisotopic (exact) mass is 237 g/mol. The Bertz CT molecular complexity index is 399. The molecule has 2 rings (SSSR count). The number of aliphatic carboxylic acids is 1. The molecule has 1 fully saturated rings. The zero-order valence-electron chi connectivity index (χ0n) is 10.3. The van der Waals surface area contributed by atoms with Crippen LogP contribution < -0.4 is 0 Å². The van der Waals surface area contributed by atoms with Gasteiger partial charge in [0.25, 0.3) is 0 Å². The van der Waals surface area contributed by atoms with E-state index in [-0.39, 0.29) is 18.4 Å². The Morgan fingerprint density at radius 2 is 2.41 bits per heavy atom. The van der Waals surface area contributed by atoms with E-state index in [1.165, 1.54) is 0 Å². The van der Waals surface area contributed by atoms with Gasteiger partial charge >= 0.3 is 5.97 Å². The van der Waals surface area contributed by atoms with Crippen LogP contribution in [0.15, 0.2) is 16.5 Å². The van der Waals surface area contributed by atoms with Gasteiger partial charge in [0, 0.05) is 13.0 Å². The molecule has 1 aromatic heterocycles. The molecule has 0 amide bonds. The summed E-state index contributed by atoms with van der Waals surface area (Å²) < 4.78 is 5.62. The largest absolute Gasteiger partial charge is 0.481 e. The molecule has 4 nitrogen and oxygen atoms in total. The highest BCUT2D eigenvalue weighted by atomic mass is 16.4. The average Bonchev–Trinajstić information content (AvgIpc) is 2.85. The zero-order chi connectivity index (χ0) is 12.4. The fourth-order valence-electron chi connectivity index (χ4n) is 2.49. The number of aryl methyl sites for hydroxylation is 1. The summed E-state index contributed by atoms with van der Waals surface area (Å²) in [5, 5.41) is 8.78. The molecule has 4 heteroatoms. The van der Waals surface area contributed by atoms with E-state index in [0.717, 1.165) is 31.0 Å². The van der Waals surface area contributed by atoms with Crippen molar-refractivity contribution in [1.82, 2.24) is 4.90 Å². The summed E-state index contributed by atoms with van der Waals surface area (Å²) in [5.74, 6) is 1.48. The smallest absolute Gasteiger partial charge is 0.303 e. The van der Waals surface area contributed by atoms with Crippen LogP contribution in [-0.4, -0.2) is 29.1 Å². The molecule has 0 saturated carbocycles. The van der Waals surface area contributed by atoms with Gasteiger partial charge in [-0.1, -0.05) is 0 Å². The lowest BCUT2D eigenvalue weighted by molar-refractivity contribution is -0.138. The number of carbonyl (C=O) groups is 1. The van der Waals surface area contributed by atoms with Crippen molar-refractivity contribution >= 4 is 5.97 Å². The first-order valence-electron chi connectivity index (χ1n) is 6.08. The summed E-state index contributed by atoms with van der Waals surface area (Å²) in [6, 6.07) is 4.21. The standard InChI is InChI=1S/C13H19NO3/c1-9-3-4-12(17-9)10(2)14-6-5-11(8-14)7-13(15)16/h3-4,10-11H,5-8H2,1-2H3,(H,15,16). The Labute approximate surface area is 101 Å². The predicted octanol–water partition coefficient (Wildman–Crippen LogP) is 2.45. The minimum atomic E-state index is -0.696. The van der Waals surface area contributed by atoms with Gasteiger partial charge in [-0.15, -0.1) is 0 Å². The van der Waals surface area contributed by atoms with E-state index in [2.05, 4.69) is 11.8 Å². The molecule has 1 N–H and O–H groups in total. The number of hydrogen-bond acceptors (Lipinski definition) is 3. The molecule has 1 aliphatic heterocycles. The van der Waals surface area contributed by atoms with E-state index in [1.54, 1.807) is 0 Å². The maximum absolute atomic E-state index is 10.7. The molecule has 1 aromatic rings. The van der Waals surface area contributed by atoms with Crippen molar-refractivity contribution in [1.29, 1.82) is 0 Å². The van der Waals surface area contributed by atoms with Gasteiger partial charge in [0.2, 0.25) is 0 Å². The first kappa shape index (κ1) is 12.2. The van der Waals surface area contributed by atoms with E-state index in [1.807, 2.05) is 19.1 Å². The van der Waals surface area contributed by atoms with Crippen LogP contribution in [0.4, 0.5) is 0 Å². The molecule has 2 unspecified atom stereocenters. The molecule has 2 atom stereocenters. The lowest BCUT2D eigenvalue weighted by atomic mass is 10.1. The second kappa shape index (κ2) is 4.92. The van der Waals surface area contributed by atoms with E-state index in [4.69, 9.17) is 9.52 Å². The maximum atomic E-state index is 10.7. The Hall–Kier alpha value is -1.29. The third-order valence-corrected chi connectivity index (χ3v) is 3.50. The molecule has 17 heavy (non-hydrogen) atoms. The van der Waals surface area contributed by atoms with Crippen LogP contribution >= 0.6 is 0 Å². The van der Waals surface area contributed by atoms with E-state index in [0.29, 0.717) is 0 Å². The molecule has 2 heterocycles. The van der Waals surface area contributed by atoms with Crippen LogP contribution in [0, 0.1) is 12.8 Å². The summed E-state index contributed by atoms with van der Waals surface area (Å²) in [6.07, 6.45) is 1.25. The highest BCUT2D eigenvalue weighted by Crippen LogP contribution is 2.29. The third-order valence-electron chi connectivity index (χ3n) is 3.50. The third kappa shape index (κ3) is 2.88. The highest BCUT2D eigenvalue weighted by molar-refractivity contribution is 5.67. The van der Waals surface area contributed by atoms with Crippen LogP contribution in [0.3, 0.4) is 0 Å². The van der Waals surface area contributed by atoms with Crippen molar-refractivity contribution in [2.24, 2.45) is 5.92 Å². The normalized spacial score (nSPS) is 22.8. The molecule has 0 spiro atoms. The fraction of sp³-hybridized carbons (Fsp3) is 0.615. The summed E-state index contributed by atoms with van der Waals surface area (Å²) in [7, 11) is 0. The van der Waals surface area contributed by atoms with Crippen molar-refractivity contribution in [2.45, 2.75) is 32.7 Å². The summed E-state index contributed by atoms with van der Waals surface area (Å²) >= 11 is 0. The topological polar surface area (TPSA) is 53.7 Å². The number of furan rings is 1. The molecule has 94 valence electrons. The quantitative estimate of drug-likeness (QED) is 0.874. The fourth-order valence-corrected chi connectivity index (χ4v) is 2.49. The van der Waals surface area contributed by atoms with Crippen molar-refractivity contribution in [3.8, 4) is 0 Å². The maximum Gasteiger partial charge on any atom is 0.303 e. The van der Waals surface area contributed by atoms with Crippen LogP contribution in [0.25, 0.3) is 0 Å². The SMILES string of the molecule is Cc1ccc(C(C)N2CCC(CC(=O)O)C2)o1. The molecule has 0 radical (unpaired) electrons. The first-order valence-corrected chi connectivity index (χ1v) is 6.08. The van der Waals surface area contributed by atoms with Gasteiger partial charge in [-0.25, -0.2) is 0 Å². The van der Waals surface area contributed by atoms with Crippen LogP contribution in [0.1, 0.15) is 37.3 Å². The van der Waals surface area contributed by atoms with Gasteiger partial charge in [-0.2, -0.15) is 0 Å². The van der Waals surface area contributed by atoms with Crippen LogP contribution in [0.2, 0.25) is 0 Å². The minimum Gasteiger partial charge on any atom is -0.481 e. The lowest BCUT2D eigenvalue weighted by Gasteiger charge is -2.22. The number of nitrogens with zero attached hydrogens (tertiary/aromatic N) is 1. The van der Waals surface area contributed by atoms with Crippen molar-refractivity contribution in [3.63, 3.8) is 0 Å². The number of rotatable bonds is 4. The molecule has 1 saturated heterocycles. The molecule has 0 aliphatic carbocycles. The molecular weight excluding hydrogens is 218 g/mol. The number of carboxylic acid groups (broad SMARTS) is 1. The van der Waals surface area contributed by atoms with E-state index in [9.17, 15) is 4.79 Å². The first-order chi connectivity index (χ1) is 8.06. The average molecular weight is 237 g/mol. The predicted molar refractivity (Wildman–Crippen MR) is 63.8 cm³/mol. The second-order valence-corrected chi connectivity index (χ2v) is 4.87. The van der Waals surface area contributed by atoms with E-state index < -0.39 is 5.97 Å². The van der Waals surface area contributed by atoms with Gasteiger partial charge < -0.3 is 9.52 Å². The zero-order valence-corrected chi connectivity index (χ0v) is 10.3. The van der Waals surface area contributed by atoms with E-state index >= 15 is 0 Å². The van der Waals surface area contributed by atoms with Gasteiger partial charge in [0.05, 0.1) is 6.04 Å². The minimum absolute atomic E-state index is 0.238. The molecule has 1 aliphatic rings. The number of carboxylic acids is 1. The Balaban J connectivity index is 1.94. The van der Waals surface area contributed by atoms with Gasteiger partial charge in [-0.3, -0.25) is 9.69 Å². The van der Waals surface area contributed by atoms with Crippen molar-refractivity contribution in [2.75, 3.05) is 13.1 Å². The van der Waals surface area contributed by atoms with Crippen molar-refractivity contribution in [3.05, 3.63) is 23.7 Å². The lowest BCUT2D eigenvalue weighted by Crippen LogP contribution is -2.24. The van der Waals surface area contributed by atoms with Gasteiger partial charge in [0.1, 0.15) is 11.5 Å². The van der Waals surface area contributed by atoms with Gasteiger partial charge in [-0.05, 0) is 44.9 Å². The van der Waals surface area contributed by atoms with Crippen LogP contribution in [-0.2, 0) is 4.79 Å². The van der Waals surface area contributed by atoms with Gasteiger partial charge in [0.15, 0.2) is 0 Å². The molecule has 0 bridgehead atoms. The number of likely N-dealkylation sites (tertiary alicyclic amines) is 1. The Morgan fingerprint density at radius 3 is 3.00 bits per heavy atom. The number of hydrogen-bond donors (Lipinski definition) is 1. The highest BCUT2D eigenvalue weighted by Gasteiger charge is 2.29. The van der Waals surface area contributed by atoms with Crippen LogP contribution in [0.5, 0.6) is 0 Å². The van der Waals surface area contributed by atoms with Crippen molar-refractivity contribution < 1.29 is 14.3 Å². The summed E-state index contributed by atoms with van der Waals surface area (Å²) in [6.45, 7) is 5.86. The summed E-state index contributed by atoms with van der Waals surface area (Å²) in [5.41, 5.74) is 0. The Kier molecular flexibility index (Phi) is 3.52. The Morgan fingerprint density at radius 1 is 1.65 bits per heavy atom. The molecular formula is C13H19NO3.